The molecule has 0 saturated heterocycles. The van der Waals surface area contributed by atoms with E-state index >= 15 is 0 Å². The molecule has 0 aromatic heterocycles. The maximum atomic E-state index is 8.49. The van der Waals surface area contributed by atoms with Crippen LogP contribution in [0.3, 0.4) is 0 Å². The quantitative estimate of drug-likeness (QED) is 0.513. The zero-order valence-corrected chi connectivity index (χ0v) is 6.88. The fourth-order valence-corrected chi connectivity index (χ4v) is 0.802. The molecular weight excluding hydrogens is 148 g/mol. The molecule has 0 amide bonds. The van der Waals surface area contributed by atoms with Gasteiger partial charge in [-0.05, 0) is 24.6 Å². The fourth-order valence-electron chi connectivity index (χ4n) is 0.802. The second kappa shape index (κ2) is 5.40. The van der Waals surface area contributed by atoms with Crippen LogP contribution in [-0.4, -0.2) is 11.7 Å². The summed E-state index contributed by atoms with van der Waals surface area (Å²) < 4.78 is 0. The highest BCUT2D eigenvalue weighted by atomic mass is 16.2. The lowest BCUT2D eigenvalue weighted by atomic mass is 10.2. The molecule has 1 heteroatoms. The second-order valence-electron chi connectivity index (χ2n) is 2.42. The number of hydrogen-bond donors (Lipinski definition) is 1. The summed E-state index contributed by atoms with van der Waals surface area (Å²) in [5, 5.41) is 8.49. The molecule has 0 unspecified atom stereocenters. The highest BCUT2D eigenvalue weighted by Crippen LogP contribution is 1.94. The fraction of sp³-hybridized carbons (Fsp3) is 0.273. The number of unbranched alkanes of at least 4 members (excludes halogenated alkanes) is 1. The standard InChI is InChI=1S/C11H11O/c12-10-6-2-5-9-11-7-3-1-4-8-11/h3-4,7-8,12H,2,6,10H2. The van der Waals surface area contributed by atoms with E-state index in [4.69, 9.17) is 5.11 Å². The molecular formula is C11H11O. The molecule has 1 aromatic carbocycles. The van der Waals surface area contributed by atoms with E-state index in [-0.39, 0.29) is 6.61 Å². The van der Waals surface area contributed by atoms with Crippen LogP contribution in [0.15, 0.2) is 24.3 Å². The minimum Gasteiger partial charge on any atom is -0.396 e. The molecule has 1 radical (unpaired) electrons. The molecule has 0 bridgehead atoms. The predicted molar refractivity (Wildman–Crippen MR) is 48.5 cm³/mol. The van der Waals surface area contributed by atoms with Crippen LogP contribution in [0, 0.1) is 17.9 Å². The van der Waals surface area contributed by atoms with Gasteiger partial charge in [-0.15, -0.1) is 0 Å². The number of hydrogen-bond acceptors (Lipinski definition) is 1. The molecule has 0 aliphatic rings. The highest BCUT2D eigenvalue weighted by molar-refractivity contribution is 5.33. The number of aliphatic hydroxyl groups excluding tert-OH is 1. The van der Waals surface area contributed by atoms with Crippen molar-refractivity contribution in [2.75, 3.05) is 6.61 Å². The average Bonchev–Trinajstić information content (AvgIpc) is 2.14. The van der Waals surface area contributed by atoms with E-state index in [1.807, 2.05) is 24.3 Å². The summed E-state index contributed by atoms with van der Waals surface area (Å²) in [6.07, 6.45) is 1.51. The molecule has 12 heavy (non-hydrogen) atoms. The monoisotopic (exact) mass is 159 g/mol. The summed E-state index contributed by atoms with van der Waals surface area (Å²) in [5.74, 6) is 5.98. The van der Waals surface area contributed by atoms with Gasteiger partial charge in [0.25, 0.3) is 0 Å². The smallest absolute Gasteiger partial charge is 0.0440 e. The molecule has 1 nitrogen and oxygen atoms in total. The summed E-state index contributed by atoms with van der Waals surface area (Å²) in [6, 6.07) is 10.5. The van der Waals surface area contributed by atoms with Crippen molar-refractivity contribution in [3.63, 3.8) is 0 Å². The molecule has 61 valence electrons. The van der Waals surface area contributed by atoms with Crippen molar-refractivity contribution >= 4 is 0 Å². The van der Waals surface area contributed by atoms with Gasteiger partial charge in [0.05, 0.1) is 0 Å². The first-order valence-electron chi connectivity index (χ1n) is 3.99. The number of rotatable bonds is 2. The van der Waals surface area contributed by atoms with Gasteiger partial charge in [0.1, 0.15) is 0 Å². The number of benzene rings is 1. The lowest BCUT2D eigenvalue weighted by Gasteiger charge is -1.86. The van der Waals surface area contributed by atoms with Crippen LogP contribution in [0.2, 0.25) is 0 Å². The zero-order chi connectivity index (χ0) is 8.65. The van der Waals surface area contributed by atoms with Crippen LogP contribution < -0.4 is 0 Å². The largest absolute Gasteiger partial charge is 0.396 e. The first-order chi connectivity index (χ1) is 5.93. The van der Waals surface area contributed by atoms with E-state index in [0.29, 0.717) is 0 Å². The summed E-state index contributed by atoms with van der Waals surface area (Å²) >= 11 is 0. The van der Waals surface area contributed by atoms with Crippen molar-refractivity contribution in [1.29, 1.82) is 0 Å². The summed E-state index contributed by atoms with van der Waals surface area (Å²) in [5.41, 5.74) is 1.01. The summed E-state index contributed by atoms with van der Waals surface area (Å²) in [6.45, 7) is 0.219. The first kappa shape index (κ1) is 8.83. The van der Waals surface area contributed by atoms with E-state index in [1.165, 1.54) is 0 Å². The molecule has 0 fully saturated rings. The van der Waals surface area contributed by atoms with Crippen molar-refractivity contribution in [3.8, 4) is 11.8 Å². The van der Waals surface area contributed by atoms with Gasteiger partial charge in [0.2, 0.25) is 0 Å². The maximum Gasteiger partial charge on any atom is 0.0440 e. The summed E-state index contributed by atoms with van der Waals surface area (Å²) in [4.78, 5) is 0. The Kier molecular flexibility index (Phi) is 3.97. The van der Waals surface area contributed by atoms with Gasteiger partial charge in [-0.3, -0.25) is 0 Å². The Labute approximate surface area is 73.0 Å². The molecule has 0 atom stereocenters. The molecule has 1 rings (SSSR count). The van der Waals surface area contributed by atoms with Crippen LogP contribution in [0.5, 0.6) is 0 Å². The van der Waals surface area contributed by atoms with Crippen molar-refractivity contribution in [3.05, 3.63) is 35.9 Å². The van der Waals surface area contributed by atoms with Gasteiger partial charge in [0.15, 0.2) is 0 Å². The van der Waals surface area contributed by atoms with Crippen molar-refractivity contribution in [1.82, 2.24) is 0 Å². The Morgan fingerprint density at radius 3 is 2.75 bits per heavy atom. The van der Waals surface area contributed by atoms with E-state index in [1.54, 1.807) is 0 Å². The zero-order valence-electron chi connectivity index (χ0n) is 6.88. The third-order valence-corrected chi connectivity index (χ3v) is 1.41. The molecule has 1 aromatic rings. The Morgan fingerprint density at radius 1 is 1.33 bits per heavy atom. The minimum absolute atomic E-state index is 0.219. The van der Waals surface area contributed by atoms with Gasteiger partial charge in [-0.2, -0.15) is 0 Å². The Morgan fingerprint density at radius 2 is 2.08 bits per heavy atom. The van der Waals surface area contributed by atoms with E-state index < -0.39 is 0 Å². The highest BCUT2D eigenvalue weighted by Gasteiger charge is 1.81. The number of aliphatic hydroxyl groups is 1. The van der Waals surface area contributed by atoms with Crippen molar-refractivity contribution in [2.24, 2.45) is 0 Å². The molecule has 0 saturated carbocycles. The lowest BCUT2D eigenvalue weighted by Crippen LogP contribution is -1.79. The molecule has 0 heterocycles. The van der Waals surface area contributed by atoms with Crippen LogP contribution >= 0.6 is 0 Å². The molecule has 1 N–H and O–H groups in total. The van der Waals surface area contributed by atoms with Gasteiger partial charge >= 0.3 is 0 Å². The van der Waals surface area contributed by atoms with E-state index in [2.05, 4.69) is 17.9 Å². The average molecular weight is 159 g/mol. The van der Waals surface area contributed by atoms with Crippen LogP contribution in [-0.2, 0) is 0 Å². The first-order valence-corrected chi connectivity index (χ1v) is 3.99. The SMILES string of the molecule is OCCCC#Cc1cc[c]cc1. The third-order valence-electron chi connectivity index (χ3n) is 1.41. The van der Waals surface area contributed by atoms with E-state index in [9.17, 15) is 0 Å². The molecule has 0 spiro atoms. The lowest BCUT2D eigenvalue weighted by molar-refractivity contribution is 0.290. The van der Waals surface area contributed by atoms with Crippen LogP contribution in [0.4, 0.5) is 0 Å². The van der Waals surface area contributed by atoms with Gasteiger partial charge in [-0.1, -0.05) is 24.0 Å². The second-order valence-corrected chi connectivity index (χ2v) is 2.42. The Bertz CT molecular complexity index is 266. The topological polar surface area (TPSA) is 20.2 Å². The van der Waals surface area contributed by atoms with Gasteiger partial charge in [-0.25, -0.2) is 0 Å². The Balaban J connectivity index is 2.44. The normalized spacial score (nSPS) is 8.75. The molecule has 0 aliphatic heterocycles. The van der Waals surface area contributed by atoms with Gasteiger partial charge < -0.3 is 5.11 Å². The maximum absolute atomic E-state index is 8.49. The Hall–Kier alpha value is -1.26. The van der Waals surface area contributed by atoms with E-state index in [0.717, 1.165) is 18.4 Å². The van der Waals surface area contributed by atoms with Crippen molar-refractivity contribution < 1.29 is 5.11 Å². The predicted octanol–water partition coefficient (Wildman–Crippen LogP) is 1.61. The van der Waals surface area contributed by atoms with Gasteiger partial charge in [0, 0.05) is 18.6 Å². The van der Waals surface area contributed by atoms with Crippen LogP contribution in [0.1, 0.15) is 18.4 Å². The molecule has 0 aliphatic carbocycles. The van der Waals surface area contributed by atoms with Crippen LogP contribution in [0.25, 0.3) is 0 Å². The minimum atomic E-state index is 0.219. The third kappa shape index (κ3) is 3.23. The summed E-state index contributed by atoms with van der Waals surface area (Å²) in [7, 11) is 0. The van der Waals surface area contributed by atoms with Crippen molar-refractivity contribution in [2.45, 2.75) is 12.8 Å².